The summed E-state index contributed by atoms with van der Waals surface area (Å²) < 4.78 is 5.17. The predicted molar refractivity (Wildman–Crippen MR) is 67.9 cm³/mol. The molecule has 2 aromatic carbocycles. The van der Waals surface area contributed by atoms with Gasteiger partial charge in [-0.3, -0.25) is 4.79 Å². The van der Waals surface area contributed by atoms with Crippen LogP contribution in [0.4, 0.5) is 0 Å². The van der Waals surface area contributed by atoms with Gasteiger partial charge in [-0.1, -0.05) is 48.0 Å². The van der Waals surface area contributed by atoms with E-state index in [1.54, 1.807) is 30.3 Å². The molecular formula is C14H11ClO2. The van der Waals surface area contributed by atoms with Gasteiger partial charge < -0.3 is 4.74 Å². The molecule has 0 saturated carbocycles. The highest BCUT2D eigenvalue weighted by Crippen LogP contribution is 2.29. The number of methoxy groups -OCH3 is 1. The van der Waals surface area contributed by atoms with E-state index in [9.17, 15) is 4.79 Å². The minimum absolute atomic E-state index is 0.0926. The van der Waals surface area contributed by atoms with Crippen LogP contribution in [-0.4, -0.2) is 12.9 Å². The number of ketones is 1. The first-order valence-corrected chi connectivity index (χ1v) is 5.54. The molecule has 0 aliphatic carbocycles. The molecule has 0 N–H and O–H groups in total. The van der Waals surface area contributed by atoms with E-state index in [2.05, 4.69) is 0 Å². The first kappa shape index (κ1) is 11.7. The summed E-state index contributed by atoms with van der Waals surface area (Å²) in [6, 6.07) is 14.2. The van der Waals surface area contributed by atoms with Gasteiger partial charge in [0.15, 0.2) is 5.78 Å². The molecule has 2 nitrogen and oxygen atoms in total. The summed E-state index contributed by atoms with van der Waals surface area (Å²) in [6.45, 7) is 0. The molecule has 0 unspecified atom stereocenters. The van der Waals surface area contributed by atoms with Crippen LogP contribution < -0.4 is 4.74 Å². The fourth-order valence-corrected chi connectivity index (χ4v) is 1.89. The van der Waals surface area contributed by atoms with Crippen molar-refractivity contribution in [2.45, 2.75) is 0 Å². The molecule has 0 amide bonds. The number of carbonyl (C=O) groups is 1. The zero-order valence-corrected chi connectivity index (χ0v) is 10.1. The second kappa shape index (κ2) is 5.02. The smallest absolute Gasteiger partial charge is 0.196 e. The van der Waals surface area contributed by atoms with E-state index >= 15 is 0 Å². The predicted octanol–water partition coefficient (Wildman–Crippen LogP) is 3.58. The largest absolute Gasteiger partial charge is 0.494 e. The van der Waals surface area contributed by atoms with Gasteiger partial charge in [-0.25, -0.2) is 0 Å². The van der Waals surface area contributed by atoms with Crippen molar-refractivity contribution in [1.82, 2.24) is 0 Å². The minimum Gasteiger partial charge on any atom is -0.494 e. The second-order valence-corrected chi connectivity index (χ2v) is 3.92. The average Bonchev–Trinajstić information content (AvgIpc) is 2.38. The van der Waals surface area contributed by atoms with Crippen LogP contribution in [0.2, 0.25) is 5.02 Å². The first-order valence-electron chi connectivity index (χ1n) is 5.16. The number of rotatable bonds is 3. The van der Waals surface area contributed by atoms with Crippen LogP contribution in [0.25, 0.3) is 0 Å². The SMILES string of the molecule is COc1c(Cl)cccc1C(=O)c1ccccc1. The second-order valence-electron chi connectivity index (χ2n) is 3.52. The lowest BCUT2D eigenvalue weighted by Gasteiger charge is -2.08. The van der Waals surface area contributed by atoms with Gasteiger partial charge in [-0.15, -0.1) is 0 Å². The number of carbonyl (C=O) groups excluding carboxylic acids is 1. The lowest BCUT2D eigenvalue weighted by atomic mass is 10.0. The normalized spacial score (nSPS) is 10.0. The molecule has 0 bridgehead atoms. The van der Waals surface area contributed by atoms with Crippen LogP contribution in [0.15, 0.2) is 48.5 Å². The van der Waals surface area contributed by atoms with Gasteiger partial charge >= 0.3 is 0 Å². The molecule has 0 aromatic heterocycles. The number of halogens is 1. The zero-order chi connectivity index (χ0) is 12.3. The van der Waals surface area contributed by atoms with E-state index in [0.717, 1.165) is 0 Å². The summed E-state index contributed by atoms with van der Waals surface area (Å²) in [6.07, 6.45) is 0. The Morgan fingerprint density at radius 1 is 1.06 bits per heavy atom. The van der Waals surface area contributed by atoms with Crippen molar-refractivity contribution >= 4 is 17.4 Å². The molecule has 17 heavy (non-hydrogen) atoms. The number of hydrogen-bond acceptors (Lipinski definition) is 2. The highest BCUT2D eigenvalue weighted by molar-refractivity contribution is 6.33. The summed E-state index contributed by atoms with van der Waals surface area (Å²) in [5.74, 6) is 0.327. The van der Waals surface area contributed by atoms with Gasteiger partial charge in [-0.2, -0.15) is 0 Å². The summed E-state index contributed by atoms with van der Waals surface area (Å²) in [7, 11) is 1.50. The standard InChI is InChI=1S/C14H11ClO2/c1-17-14-11(8-5-9-12(14)15)13(16)10-6-3-2-4-7-10/h2-9H,1H3. The Labute approximate surface area is 105 Å². The Balaban J connectivity index is 2.48. The van der Waals surface area contributed by atoms with Crippen molar-refractivity contribution < 1.29 is 9.53 Å². The Morgan fingerprint density at radius 2 is 1.76 bits per heavy atom. The molecule has 0 fully saturated rings. The van der Waals surface area contributed by atoms with Crippen molar-refractivity contribution in [1.29, 1.82) is 0 Å². The lowest BCUT2D eigenvalue weighted by molar-refractivity contribution is 0.103. The van der Waals surface area contributed by atoms with Gasteiger partial charge in [0.1, 0.15) is 5.75 Å². The highest BCUT2D eigenvalue weighted by atomic mass is 35.5. The van der Waals surface area contributed by atoms with E-state index in [1.807, 2.05) is 18.2 Å². The van der Waals surface area contributed by atoms with Crippen LogP contribution in [0.5, 0.6) is 5.75 Å². The van der Waals surface area contributed by atoms with E-state index in [-0.39, 0.29) is 5.78 Å². The molecule has 0 spiro atoms. The molecular weight excluding hydrogens is 236 g/mol. The van der Waals surface area contributed by atoms with Crippen molar-refractivity contribution in [3.05, 3.63) is 64.7 Å². The maximum atomic E-state index is 12.2. The van der Waals surface area contributed by atoms with Gasteiger partial charge in [0.2, 0.25) is 0 Å². The molecule has 0 radical (unpaired) electrons. The maximum absolute atomic E-state index is 12.2. The van der Waals surface area contributed by atoms with Gasteiger partial charge in [0.25, 0.3) is 0 Å². The van der Waals surface area contributed by atoms with Gasteiger partial charge in [0, 0.05) is 5.56 Å². The Kier molecular flexibility index (Phi) is 3.45. The number of hydrogen-bond donors (Lipinski definition) is 0. The third-order valence-electron chi connectivity index (χ3n) is 2.45. The molecule has 3 heteroatoms. The quantitative estimate of drug-likeness (QED) is 0.774. The number of ether oxygens (including phenoxy) is 1. The fraction of sp³-hybridized carbons (Fsp3) is 0.0714. The Hall–Kier alpha value is -1.80. The van der Waals surface area contributed by atoms with Crippen molar-refractivity contribution in [2.24, 2.45) is 0 Å². The summed E-state index contributed by atoms with van der Waals surface area (Å²) in [5, 5.41) is 0.439. The highest BCUT2D eigenvalue weighted by Gasteiger charge is 2.15. The lowest BCUT2D eigenvalue weighted by Crippen LogP contribution is -2.03. The number of para-hydroxylation sites is 1. The van der Waals surface area contributed by atoms with Crippen LogP contribution in [0.1, 0.15) is 15.9 Å². The molecule has 0 heterocycles. The Morgan fingerprint density at radius 3 is 2.41 bits per heavy atom. The van der Waals surface area contributed by atoms with Gasteiger partial charge in [-0.05, 0) is 12.1 Å². The fourth-order valence-electron chi connectivity index (χ4n) is 1.64. The van der Waals surface area contributed by atoms with E-state index in [4.69, 9.17) is 16.3 Å². The summed E-state index contributed by atoms with van der Waals surface area (Å²) >= 11 is 5.98. The van der Waals surface area contributed by atoms with E-state index in [1.165, 1.54) is 7.11 Å². The van der Waals surface area contributed by atoms with Crippen molar-refractivity contribution in [3.8, 4) is 5.75 Å². The summed E-state index contributed by atoms with van der Waals surface area (Å²) in [5.41, 5.74) is 1.10. The number of benzene rings is 2. The van der Waals surface area contributed by atoms with Crippen molar-refractivity contribution in [2.75, 3.05) is 7.11 Å². The van der Waals surface area contributed by atoms with E-state index < -0.39 is 0 Å². The molecule has 0 saturated heterocycles. The van der Waals surface area contributed by atoms with Crippen LogP contribution >= 0.6 is 11.6 Å². The summed E-state index contributed by atoms with van der Waals surface area (Å²) in [4.78, 5) is 12.2. The zero-order valence-electron chi connectivity index (χ0n) is 9.31. The molecule has 0 aliphatic heterocycles. The topological polar surface area (TPSA) is 26.3 Å². The monoisotopic (exact) mass is 246 g/mol. The molecule has 86 valence electrons. The third kappa shape index (κ3) is 2.32. The minimum atomic E-state index is -0.0926. The maximum Gasteiger partial charge on any atom is 0.196 e. The molecule has 0 atom stereocenters. The van der Waals surface area contributed by atoms with E-state index in [0.29, 0.717) is 21.9 Å². The average molecular weight is 247 g/mol. The Bertz CT molecular complexity index is 535. The van der Waals surface area contributed by atoms with Crippen LogP contribution in [-0.2, 0) is 0 Å². The van der Waals surface area contributed by atoms with Gasteiger partial charge in [0.05, 0.1) is 17.7 Å². The molecule has 2 rings (SSSR count). The first-order chi connectivity index (χ1) is 8.24. The third-order valence-corrected chi connectivity index (χ3v) is 2.75. The molecule has 2 aromatic rings. The van der Waals surface area contributed by atoms with Crippen molar-refractivity contribution in [3.63, 3.8) is 0 Å². The van der Waals surface area contributed by atoms with Crippen LogP contribution in [0, 0.1) is 0 Å². The van der Waals surface area contributed by atoms with Crippen LogP contribution in [0.3, 0.4) is 0 Å². The molecule has 0 aliphatic rings.